The quantitative estimate of drug-likeness (QED) is 0.775. The van der Waals surface area contributed by atoms with Crippen molar-refractivity contribution in [1.29, 1.82) is 0 Å². The highest BCUT2D eigenvalue weighted by atomic mass is 32.2. The monoisotopic (exact) mass is 331 g/mol. The number of nitrogens with two attached hydrogens (primary N) is 1. The molecule has 1 aromatic rings. The van der Waals surface area contributed by atoms with Crippen LogP contribution in [0.3, 0.4) is 0 Å². The molecule has 1 unspecified atom stereocenters. The molecule has 5 nitrogen and oxygen atoms in total. The molecule has 0 aliphatic heterocycles. The van der Waals surface area contributed by atoms with Crippen LogP contribution in [0.5, 0.6) is 0 Å². The lowest BCUT2D eigenvalue weighted by Crippen LogP contribution is -2.30. The average Bonchev–Trinajstić information content (AvgIpc) is 2.43. The highest BCUT2D eigenvalue weighted by Crippen LogP contribution is 2.28. The second kappa shape index (κ2) is 7.38. The van der Waals surface area contributed by atoms with Crippen molar-refractivity contribution in [3.8, 4) is 0 Å². The van der Waals surface area contributed by atoms with Crippen LogP contribution in [0.4, 0.5) is 11.4 Å². The number of rotatable bonds is 7. The van der Waals surface area contributed by atoms with E-state index in [4.69, 9.17) is 5.73 Å². The lowest BCUT2D eigenvalue weighted by atomic mass is 10.2. The number of nitrogen functional groups attached to an aromatic ring is 1. The molecular weight excluding hydrogens is 306 g/mol. The fourth-order valence-corrected chi connectivity index (χ4v) is 3.46. The van der Waals surface area contributed by atoms with Crippen molar-refractivity contribution in [2.24, 2.45) is 0 Å². The molecule has 0 aliphatic carbocycles. The Kier molecular flexibility index (Phi) is 6.37. The molecule has 0 heterocycles. The fourth-order valence-electron chi connectivity index (χ4n) is 1.94. The average molecular weight is 332 g/mol. The van der Waals surface area contributed by atoms with Crippen LogP contribution in [-0.4, -0.2) is 51.9 Å². The van der Waals surface area contributed by atoms with Crippen molar-refractivity contribution in [3.63, 3.8) is 0 Å². The van der Waals surface area contributed by atoms with Gasteiger partial charge in [-0.2, -0.15) is 11.8 Å². The number of hydrogen-bond donors (Lipinski definition) is 1. The highest BCUT2D eigenvalue weighted by molar-refractivity contribution is 7.98. The second-order valence-corrected chi connectivity index (χ2v) is 8.39. The zero-order valence-electron chi connectivity index (χ0n) is 13.3. The molecule has 1 rings (SSSR count). The van der Waals surface area contributed by atoms with Gasteiger partial charge in [0.15, 0.2) is 0 Å². The minimum absolute atomic E-state index is 0.221. The van der Waals surface area contributed by atoms with Gasteiger partial charge in [0.05, 0.1) is 16.3 Å². The predicted molar refractivity (Wildman–Crippen MR) is 92.6 cm³/mol. The van der Waals surface area contributed by atoms with Gasteiger partial charge in [-0.05, 0) is 43.6 Å². The van der Waals surface area contributed by atoms with E-state index < -0.39 is 10.0 Å². The molecule has 1 aromatic carbocycles. The molecule has 2 N–H and O–H groups in total. The minimum Gasteiger partial charge on any atom is -0.397 e. The maximum atomic E-state index is 12.1. The first kappa shape index (κ1) is 18.1. The molecule has 0 aliphatic rings. The van der Waals surface area contributed by atoms with Crippen LogP contribution >= 0.6 is 11.8 Å². The van der Waals surface area contributed by atoms with E-state index >= 15 is 0 Å². The van der Waals surface area contributed by atoms with Crippen LogP contribution in [0, 0.1) is 0 Å². The number of thioether (sulfide) groups is 1. The fraction of sp³-hybridized carbons (Fsp3) is 0.571. The third-order valence-electron chi connectivity index (χ3n) is 3.56. The largest absolute Gasteiger partial charge is 0.397 e. The normalized spacial score (nSPS) is 13.4. The molecular formula is C14H25N3O2S2. The van der Waals surface area contributed by atoms with Gasteiger partial charge in [-0.3, -0.25) is 0 Å². The van der Waals surface area contributed by atoms with Gasteiger partial charge in [0, 0.05) is 27.2 Å². The van der Waals surface area contributed by atoms with Gasteiger partial charge in [-0.1, -0.05) is 0 Å². The van der Waals surface area contributed by atoms with Gasteiger partial charge < -0.3 is 10.6 Å². The van der Waals surface area contributed by atoms with Crippen molar-refractivity contribution in [2.45, 2.75) is 24.3 Å². The third kappa shape index (κ3) is 4.28. The number of sulfonamides is 1. The maximum Gasteiger partial charge on any atom is 0.242 e. The molecule has 21 heavy (non-hydrogen) atoms. The van der Waals surface area contributed by atoms with Crippen LogP contribution < -0.4 is 10.6 Å². The Bertz CT molecular complexity index is 574. The van der Waals surface area contributed by atoms with Gasteiger partial charge in [-0.15, -0.1) is 0 Å². The van der Waals surface area contributed by atoms with Crippen LogP contribution in [-0.2, 0) is 10.0 Å². The van der Waals surface area contributed by atoms with E-state index in [1.54, 1.807) is 12.1 Å². The van der Waals surface area contributed by atoms with Crippen molar-refractivity contribution in [2.75, 3.05) is 43.8 Å². The number of nitrogens with zero attached hydrogens (tertiary/aromatic N) is 2. The van der Waals surface area contributed by atoms with Gasteiger partial charge in [0.25, 0.3) is 0 Å². The number of anilines is 2. The molecule has 0 fully saturated rings. The van der Waals surface area contributed by atoms with E-state index in [-0.39, 0.29) is 4.90 Å². The standard InChI is InChI=1S/C14H25N3O2S2/c1-11(8-9-20-5)17(4)14-7-6-12(10-13(14)15)21(18,19)16(2)3/h6-7,10-11H,8-9,15H2,1-5H3. The summed E-state index contributed by atoms with van der Waals surface area (Å²) in [6.07, 6.45) is 3.14. The van der Waals surface area contributed by atoms with Crippen molar-refractivity contribution < 1.29 is 8.42 Å². The third-order valence-corrected chi connectivity index (χ3v) is 6.01. The Balaban J connectivity index is 3.03. The number of benzene rings is 1. The molecule has 120 valence electrons. The Morgan fingerprint density at radius 2 is 1.90 bits per heavy atom. The Labute approximate surface area is 132 Å². The predicted octanol–water partition coefficient (Wildman–Crippen LogP) is 2.10. The smallest absolute Gasteiger partial charge is 0.242 e. The van der Waals surface area contributed by atoms with E-state index in [0.717, 1.165) is 17.9 Å². The van der Waals surface area contributed by atoms with Crippen LogP contribution in [0.15, 0.2) is 23.1 Å². The summed E-state index contributed by atoms with van der Waals surface area (Å²) in [6.45, 7) is 2.14. The summed E-state index contributed by atoms with van der Waals surface area (Å²) in [5.41, 5.74) is 7.40. The molecule has 0 saturated carbocycles. The summed E-state index contributed by atoms with van der Waals surface area (Å²) in [7, 11) is 1.56. The first-order chi connectivity index (χ1) is 9.71. The molecule has 0 spiro atoms. The summed E-state index contributed by atoms with van der Waals surface area (Å²) in [4.78, 5) is 2.32. The van der Waals surface area contributed by atoms with E-state index in [9.17, 15) is 8.42 Å². The van der Waals surface area contributed by atoms with Crippen molar-refractivity contribution in [1.82, 2.24) is 4.31 Å². The van der Waals surface area contributed by atoms with E-state index in [0.29, 0.717) is 11.7 Å². The van der Waals surface area contributed by atoms with Gasteiger partial charge >= 0.3 is 0 Å². The zero-order chi connectivity index (χ0) is 16.2. The van der Waals surface area contributed by atoms with Gasteiger partial charge in [0.2, 0.25) is 10.0 Å². The molecule has 0 saturated heterocycles. The topological polar surface area (TPSA) is 66.6 Å². The van der Waals surface area contributed by atoms with Crippen LogP contribution in [0.1, 0.15) is 13.3 Å². The second-order valence-electron chi connectivity index (χ2n) is 5.25. The molecule has 7 heteroatoms. The molecule has 1 atom stereocenters. The summed E-state index contributed by atoms with van der Waals surface area (Å²) in [5, 5.41) is 0. The Morgan fingerprint density at radius 1 is 1.29 bits per heavy atom. The van der Waals surface area contributed by atoms with Crippen LogP contribution in [0.25, 0.3) is 0 Å². The van der Waals surface area contributed by atoms with Crippen molar-refractivity contribution >= 4 is 33.2 Å². The van der Waals surface area contributed by atoms with Crippen molar-refractivity contribution in [3.05, 3.63) is 18.2 Å². The lowest BCUT2D eigenvalue weighted by Gasteiger charge is -2.28. The van der Waals surface area contributed by atoms with Gasteiger partial charge in [-0.25, -0.2) is 12.7 Å². The van der Waals surface area contributed by atoms with E-state index in [1.165, 1.54) is 24.5 Å². The van der Waals surface area contributed by atoms with Gasteiger partial charge in [0.1, 0.15) is 0 Å². The summed E-state index contributed by atoms with van der Waals surface area (Å²) in [6, 6.07) is 5.26. The van der Waals surface area contributed by atoms with E-state index in [1.807, 2.05) is 18.8 Å². The van der Waals surface area contributed by atoms with Crippen LogP contribution in [0.2, 0.25) is 0 Å². The zero-order valence-corrected chi connectivity index (χ0v) is 15.0. The summed E-state index contributed by atoms with van der Waals surface area (Å²) in [5.74, 6) is 1.08. The molecule has 0 amide bonds. The SMILES string of the molecule is CSCCC(C)N(C)c1ccc(S(=O)(=O)N(C)C)cc1N. The number of hydrogen-bond acceptors (Lipinski definition) is 5. The first-order valence-electron chi connectivity index (χ1n) is 6.75. The Hall–Kier alpha value is -0.920. The first-order valence-corrected chi connectivity index (χ1v) is 9.59. The summed E-state index contributed by atoms with van der Waals surface area (Å²) < 4.78 is 25.4. The lowest BCUT2D eigenvalue weighted by molar-refractivity contribution is 0.521. The molecule has 0 aromatic heterocycles. The Morgan fingerprint density at radius 3 is 2.38 bits per heavy atom. The summed E-state index contributed by atoms with van der Waals surface area (Å²) >= 11 is 1.81. The highest BCUT2D eigenvalue weighted by Gasteiger charge is 2.20. The van der Waals surface area contributed by atoms with E-state index in [2.05, 4.69) is 18.1 Å². The minimum atomic E-state index is -3.44. The molecule has 0 bridgehead atoms. The molecule has 0 radical (unpaired) electrons. The maximum absolute atomic E-state index is 12.1.